The van der Waals surface area contributed by atoms with E-state index in [0.717, 1.165) is 19.4 Å². The van der Waals surface area contributed by atoms with E-state index in [9.17, 15) is 4.79 Å². The van der Waals surface area contributed by atoms with Crippen molar-refractivity contribution in [1.82, 2.24) is 4.90 Å². The number of ether oxygens (including phenoxy) is 2. The number of likely N-dealkylation sites (tertiary alicyclic amines) is 1. The fraction of sp³-hybridized carbons (Fsp3) is 0.381. The topological polar surface area (TPSA) is 38.8 Å². The first-order chi connectivity index (χ1) is 12.2. The summed E-state index contributed by atoms with van der Waals surface area (Å²) in [4.78, 5) is 14.8. The van der Waals surface area contributed by atoms with E-state index in [4.69, 9.17) is 9.47 Å². The Labute approximate surface area is 149 Å². The summed E-state index contributed by atoms with van der Waals surface area (Å²) in [6.07, 6.45) is 1.97. The molecule has 25 heavy (non-hydrogen) atoms. The van der Waals surface area contributed by atoms with Crippen LogP contribution in [0.25, 0.3) is 0 Å². The van der Waals surface area contributed by atoms with Crippen LogP contribution in [-0.4, -0.2) is 44.2 Å². The van der Waals surface area contributed by atoms with Gasteiger partial charge in [0, 0.05) is 31.7 Å². The zero-order valence-electron chi connectivity index (χ0n) is 14.9. The van der Waals surface area contributed by atoms with Crippen LogP contribution in [0.5, 0.6) is 5.75 Å². The molecule has 1 saturated heterocycles. The number of amides is 1. The van der Waals surface area contributed by atoms with E-state index in [1.807, 2.05) is 29.2 Å². The summed E-state index contributed by atoms with van der Waals surface area (Å²) in [5, 5.41) is 0. The van der Waals surface area contributed by atoms with Gasteiger partial charge in [-0.15, -0.1) is 0 Å². The first-order valence-corrected chi connectivity index (χ1v) is 8.71. The molecule has 0 radical (unpaired) electrons. The zero-order chi connectivity index (χ0) is 17.6. The molecule has 2 aromatic rings. The quantitative estimate of drug-likeness (QED) is 0.838. The molecule has 2 atom stereocenters. The molecule has 0 unspecified atom stereocenters. The minimum atomic E-state index is 0.0616. The van der Waals surface area contributed by atoms with Gasteiger partial charge < -0.3 is 14.4 Å². The summed E-state index contributed by atoms with van der Waals surface area (Å²) in [5.41, 5.74) is 1.96. The molecule has 1 aliphatic heterocycles. The van der Waals surface area contributed by atoms with Gasteiger partial charge in [0.05, 0.1) is 13.2 Å². The molecule has 4 nitrogen and oxygen atoms in total. The van der Waals surface area contributed by atoms with Crippen molar-refractivity contribution in [3.8, 4) is 5.75 Å². The molecule has 1 amide bonds. The molecule has 132 valence electrons. The van der Waals surface area contributed by atoms with Crippen LogP contribution in [0.15, 0.2) is 54.6 Å². The monoisotopic (exact) mass is 339 g/mol. The Balaban J connectivity index is 1.73. The molecule has 0 aromatic heterocycles. The van der Waals surface area contributed by atoms with E-state index in [0.29, 0.717) is 23.8 Å². The second kappa shape index (κ2) is 8.17. The maximum absolute atomic E-state index is 12.9. The van der Waals surface area contributed by atoms with Crippen LogP contribution >= 0.6 is 0 Å². The fourth-order valence-corrected chi connectivity index (χ4v) is 3.56. The number of carbonyl (C=O) groups excluding carboxylic acids is 1. The molecular weight excluding hydrogens is 314 g/mol. The average Bonchev–Trinajstić information content (AvgIpc) is 2.68. The van der Waals surface area contributed by atoms with Gasteiger partial charge in [-0.25, -0.2) is 0 Å². The highest BCUT2D eigenvalue weighted by Gasteiger charge is 2.32. The van der Waals surface area contributed by atoms with Crippen LogP contribution in [0.1, 0.15) is 22.3 Å². The van der Waals surface area contributed by atoms with Gasteiger partial charge in [-0.2, -0.15) is 0 Å². The van der Waals surface area contributed by atoms with Gasteiger partial charge in [-0.3, -0.25) is 4.79 Å². The number of benzene rings is 2. The van der Waals surface area contributed by atoms with Crippen LogP contribution < -0.4 is 4.74 Å². The van der Waals surface area contributed by atoms with Gasteiger partial charge in [0.2, 0.25) is 0 Å². The van der Waals surface area contributed by atoms with Crippen molar-refractivity contribution in [3.05, 3.63) is 65.7 Å². The third-order valence-corrected chi connectivity index (χ3v) is 4.91. The molecule has 0 saturated carbocycles. The maximum atomic E-state index is 12.9. The lowest BCUT2D eigenvalue weighted by Gasteiger charge is -2.38. The molecule has 3 rings (SSSR count). The number of methoxy groups -OCH3 is 2. The summed E-state index contributed by atoms with van der Waals surface area (Å²) in [6, 6.07) is 17.8. The number of rotatable bonds is 5. The molecule has 0 bridgehead atoms. The van der Waals surface area contributed by atoms with E-state index < -0.39 is 0 Å². The molecule has 1 heterocycles. The first-order valence-electron chi connectivity index (χ1n) is 8.71. The first kappa shape index (κ1) is 17.5. The summed E-state index contributed by atoms with van der Waals surface area (Å²) >= 11 is 0. The molecule has 1 aliphatic rings. The Morgan fingerprint density at radius 3 is 2.64 bits per heavy atom. The molecule has 0 spiro atoms. The van der Waals surface area contributed by atoms with E-state index in [2.05, 4.69) is 24.3 Å². The molecule has 0 N–H and O–H groups in total. The Bertz CT molecular complexity index is 701. The van der Waals surface area contributed by atoms with Crippen molar-refractivity contribution in [1.29, 1.82) is 0 Å². The minimum Gasteiger partial charge on any atom is -0.497 e. The third kappa shape index (κ3) is 4.20. The fourth-order valence-electron chi connectivity index (χ4n) is 3.56. The van der Waals surface area contributed by atoms with Gasteiger partial charge in [-0.05, 0) is 36.6 Å². The van der Waals surface area contributed by atoms with E-state index in [1.165, 1.54) is 5.56 Å². The van der Waals surface area contributed by atoms with Crippen molar-refractivity contribution in [2.24, 2.45) is 5.92 Å². The predicted molar refractivity (Wildman–Crippen MR) is 97.9 cm³/mol. The predicted octanol–water partition coefficient (Wildman–Crippen LogP) is 3.42. The highest BCUT2D eigenvalue weighted by molar-refractivity contribution is 5.94. The van der Waals surface area contributed by atoms with Crippen LogP contribution in [-0.2, 0) is 11.2 Å². The van der Waals surface area contributed by atoms with Crippen molar-refractivity contribution in [2.45, 2.75) is 18.9 Å². The van der Waals surface area contributed by atoms with Gasteiger partial charge >= 0.3 is 0 Å². The Morgan fingerprint density at radius 2 is 1.92 bits per heavy atom. The Morgan fingerprint density at radius 1 is 1.12 bits per heavy atom. The van der Waals surface area contributed by atoms with Crippen LogP contribution in [0.2, 0.25) is 0 Å². The molecular formula is C21H25NO3. The van der Waals surface area contributed by atoms with Crippen molar-refractivity contribution in [3.63, 3.8) is 0 Å². The van der Waals surface area contributed by atoms with E-state index in [-0.39, 0.29) is 12.0 Å². The number of piperidine rings is 1. The van der Waals surface area contributed by atoms with Crippen molar-refractivity contribution in [2.75, 3.05) is 27.3 Å². The molecule has 1 fully saturated rings. The highest BCUT2D eigenvalue weighted by Crippen LogP contribution is 2.25. The number of hydrogen-bond acceptors (Lipinski definition) is 3. The average molecular weight is 339 g/mol. The summed E-state index contributed by atoms with van der Waals surface area (Å²) < 4.78 is 10.9. The van der Waals surface area contributed by atoms with Crippen molar-refractivity contribution >= 4 is 5.91 Å². The van der Waals surface area contributed by atoms with Gasteiger partial charge in [0.15, 0.2) is 0 Å². The van der Waals surface area contributed by atoms with E-state index >= 15 is 0 Å². The summed E-state index contributed by atoms with van der Waals surface area (Å²) in [6.45, 7) is 1.43. The van der Waals surface area contributed by atoms with Crippen LogP contribution in [0.4, 0.5) is 0 Å². The summed E-state index contributed by atoms with van der Waals surface area (Å²) in [5.74, 6) is 1.07. The van der Waals surface area contributed by atoms with Gasteiger partial charge in [0.25, 0.3) is 5.91 Å². The van der Waals surface area contributed by atoms with Gasteiger partial charge in [-0.1, -0.05) is 36.4 Å². The normalized spacial score (nSPS) is 20.3. The van der Waals surface area contributed by atoms with E-state index in [1.54, 1.807) is 20.3 Å². The lowest BCUT2D eigenvalue weighted by molar-refractivity contribution is -0.00300. The molecule has 0 aliphatic carbocycles. The standard InChI is InChI=1S/C21H25NO3/c1-24-19-10-6-9-17(14-19)21(23)22-12-11-20(25-2)18(15-22)13-16-7-4-3-5-8-16/h3-10,14,18,20H,11-13,15H2,1-2H3/t18-,20-/m0/s1. The Hall–Kier alpha value is -2.33. The molecule has 4 heteroatoms. The third-order valence-electron chi connectivity index (χ3n) is 4.91. The lowest BCUT2D eigenvalue weighted by atomic mass is 9.88. The largest absolute Gasteiger partial charge is 0.497 e. The second-order valence-corrected chi connectivity index (χ2v) is 6.50. The van der Waals surface area contributed by atoms with Crippen LogP contribution in [0, 0.1) is 5.92 Å². The van der Waals surface area contributed by atoms with Crippen molar-refractivity contribution < 1.29 is 14.3 Å². The van der Waals surface area contributed by atoms with Crippen LogP contribution in [0.3, 0.4) is 0 Å². The second-order valence-electron chi connectivity index (χ2n) is 6.50. The smallest absolute Gasteiger partial charge is 0.254 e. The highest BCUT2D eigenvalue weighted by atomic mass is 16.5. The SMILES string of the molecule is COc1cccc(C(=O)N2CC[C@H](OC)[C@@H](Cc3ccccc3)C2)c1. The maximum Gasteiger partial charge on any atom is 0.254 e. The lowest BCUT2D eigenvalue weighted by Crippen LogP contribution is -2.47. The number of carbonyl (C=O) groups is 1. The minimum absolute atomic E-state index is 0.0616. The molecule has 2 aromatic carbocycles. The van der Waals surface area contributed by atoms with Gasteiger partial charge in [0.1, 0.15) is 5.75 Å². The zero-order valence-corrected chi connectivity index (χ0v) is 14.9. The number of nitrogens with zero attached hydrogens (tertiary/aromatic N) is 1. The number of hydrogen-bond donors (Lipinski definition) is 0. The summed E-state index contributed by atoms with van der Waals surface area (Å²) in [7, 11) is 3.38. The Kier molecular flexibility index (Phi) is 5.71.